The first-order valence-corrected chi connectivity index (χ1v) is 10.4. The van der Waals surface area contributed by atoms with E-state index in [1.165, 1.54) is 16.2 Å². The standard InChI is InChI=1S/C23H18ClNO3S/c1-14-6-2-3-10-18(14)20-19(21(26)15-7-4-8-16(24)12-15)22(27)23(28)25(20)13-17-9-5-11-29-17/h2-12,20,26H,13H2,1H3/b21-19+. The fourth-order valence-electron chi connectivity index (χ4n) is 3.62. The van der Waals surface area contributed by atoms with Crippen molar-refractivity contribution in [2.45, 2.75) is 19.5 Å². The Morgan fingerprint density at radius 1 is 1.10 bits per heavy atom. The van der Waals surface area contributed by atoms with Gasteiger partial charge in [-0.3, -0.25) is 9.59 Å². The first-order valence-electron chi connectivity index (χ1n) is 9.09. The van der Waals surface area contributed by atoms with E-state index in [0.29, 0.717) is 17.1 Å². The molecular weight excluding hydrogens is 406 g/mol. The van der Waals surface area contributed by atoms with Gasteiger partial charge < -0.3 is 10.0 Å². The molecule has 146 valence electrons. The second-order valence-corrected chi connectivity index (χ2v) is 8.34. The van der Waals surface area contributed by atoms with Gasteiger partial charge in [-0.05, 0) is 41.6 Å². The van der Waals surface area contributed by atoms with E-state index < -0.39 is 17.7 Å². The average Bonchev–Trinajstić information content (AvgIpc) is 3.30. The Kier molecular flexibility index (Phi) is 5.26. The molecule has 0 spiro atoms. The number of Topliss-reactive ketones (excluding diaryl/α,β-unsaturated/α-hetero) is 1. The molecule has 1 N–H and O–H groups in total. The number of carbonyl (C=O) groups excluding carboxylic acids is 2. The van der Waals surface area contributed by atoms with E-state index in [1.54, 1.807) is 24.3 Å². The molecule has 1 amide bonds. The molecule has 3 aromatic rings. The van der Waals surface area contributed by atoms with E-state index >= 15 is 0 Å². The van der Waals surface area contributed by atoms with Gasteiger partial charge in [-0.15, -0.1) is 11.3 Å². The zero-order valence-electron chi connectivity index (χ0n) is 15.6. The lowest BCUT2D eigenvalue weighted by atomic mass is 9.92. The first kappa shape index (κ1) is 19.4. The van der Waals surface area contributed by atoms with Gasteiger partial charge in [0, 0.05) is 15.5 Å². The molecule has 1 aromatic heterocycles. The van der Waals surface area contributed by atoms with Gasteiger partial charge in [0.2, 0.25) is 0 Å². The van der Waals surface area contributed by atoms with Gasteiger partial charge in [0.25, 0.3) is 11.7 Å². The monoisotopic (exact) mass is 423 g/mol. The largest absolute Gasteiger partial charge is 0.507 e. The number of aliphatic hydroxyl groups is 1. The maximum Gasteiger partial charge on any atom is 0.295 e. The third-order valence-corrected chi connectivity index (χ3v) is 6.12. The smallest absolute Gasteiger partial charge is 0.295 e. The number of halogens is 1. The number of thiophene rings is 1. The van der Waals surface area contributed by atoms with E-state index in [0.717, 1.165) is 16.0 Å². The van der Waals surface area contributed by atoms with Crippen LogP contribution in [-0.2, 0) is 16.1 Å². The predicted octanol–water partition coefficient (Wildman–Crippen LogP) is 5.33. The lowest BCUT2D eigenvalue weighted by Gasteiger charge is -2.26. The highest BCUT2D eigenvalue weighted by Crippen LogP contribution is 2.41. The maximum absolute atomic E-state index is 13.0. The molecule has 2 aromatic carbocycles. The van der Waals surface area contributed by atoms with Crippen molar-refractivity contribution in [2.24, 2.45) is 0 Å². The van der Waals surface area contributed by atoms with Crippen LogP contribution in [0, 0.1) is 6.92 Å². The summed E-state index contributed by atoms with van der Waals surface area (Å²) in [5.74, 6) is -1.52. The van der Waals surface area contributed by atoms with E-state index in [2.05, 4.69) is 0 Å². The number of benzene rings is 2. The molecule has 2 heterocycles. The minimum Gasteiger partial charge on any atom is -0.507 e. The normalized spacial score (nSPS) is 18.4. The molecule has 29 heavy (non-hydrogen) atoms. The van der Waals surface area contributed by atoms with Gasteiger partial charge in [-0.2, -0.15) is 0 Å². The van der Waals surface area contributed by atoms with Crippen LogP contribution in [0.3, 0.4) is 0 Å². The Hall–Kier alpha value is -2.89. The zero-order valence-corrected chi connectivity index (χ0v) is 17.2. The second kappa shape index (κ2) is 7.85. The van der Waals surface area contributed by atoms with Gasteiger partial charge >= 0.3 is 0 Å². The zero-order chi connectivity index (χ0) is 20.5. The number of likely N-dealkylation sites (tertiary alicyclic amines) is 1. The van der Waals surface area contributed by atoms with Crippen molar-refractivity contribution < 1.29 is 14.7 Å². The number of nitrogens with zero attached hydrogens (tertiary/aromatic N) is 1. The van der Waals surface area contributed by atoms with Crippen molar-refractivity contribution in [1.82, 2.24) is 4.90 Å². The summed E-state index contributed by atoms with van der Waals surface area (Å²) in [6.45, 7) is 2.23. The lowest BCUT2D eigenvalue weighted by Crippen LogP contribution is -2.29. The van der Waals surface area contributed by atoms with Crippen LogP contribution < -0.4 is 0 Å². The summed E-state index contributed by atoms with van der Waals surface area (Å²) in [6, 6.07) is 17.4. The highest BCUT2D eigenvalue weighted by atomic mass is 35.5. The second-order valence-electron chi connectivity index (χ2n) is 6.87. The molecule has 1 fully saturated rings. The van der Waals surface area contributed by atoms with Crippen molar-refractivity contribution in [1.29, 1.82) is 0 Å². The number of amides is 1. The molecule has 0 saturated carbocycles. The Balaban J connectivity index is 1.90. The summed E-state index contributed by atoms with van der Waals surface area (Å²) >= 11 is 7.59. The highest BCUT2D eigenvalue weighted by molar-refractivity contribution is 7.09. The SMILES string of the molecule is Cc1ccccc1C1/C(=C(\O)c2cccc(Cl)c2)C(=O)C(=O)N1Cc1cccs1. The number of carbonyl (C=O) groups is 2. The number of hydrogen-bond donors (Lipinski definition) is 1. The van der Waals surface area contributed by atoms with Crippen LogP contribution in [0.1, 0.15) is 27.6 Å². The molecule has 1 atom stereocenters. The van der Waals surface area contributed by atoms with Crippen LogP contribution in [-0.4, -0.2) is 21.7 Å². The Bertz CT molecular complexity index is 1120. The van der Waals surface area contributed by atoms with Crippen molar-refractivity contribution >= 4 is 40.4 Å². The van der Waals surface area contributed by atoms with Crippen LogP contribution in [0.4, 0.5) is 0 Å². The summed E-state index contributed by atoms with van der Waals surface area (Å²) in [5, 5.41) is 13.4. The summed E-state index contributed by atoms with van der Waals surface area (Å²) in [6.07, 6.45) is 0. The summed E-state index contributed by atoms with van der Waals surface area (Å²) in [4.78, 5) is 28.4. The molecule has 0 radical (unpaired) electrons. The fraction of sp³-hybridized carbons (Fsp3) is 0.130. The fourth-order valence-corrected chi connectivity index (χ4v) is 4.51. The number of hydrogen-bond acceptors (Lipinski definition) is 4. The number of aryl methyl sites for hydroxylation is 1. The third-order valence-electron chi connectivity index (χ3n) is 5.03. The molecular formula is C23H18ClNO3S. The lowest BCUT2D eigenvalue weighted by molar-refractivity contribution is -0.140. The van der Waals surface area contributed by atoms with E-state index in [1.807, 2.05) is 48.7 Å². The van der Waals surface area contributed by atoms with Crippen LogP contribution in [0.2, 0.25) is 5.02 Å². The molecule has 1 aliphatic rings. The Labute approximate surface area is 177 Å². The third kappa shape index (κ3) is 3.59. The van der Waals surface area contributed by atoms with Crippen molar-refractivity contribution in [2.75, 3.05) is 0 Å². The van der Waals surface area contributed by atoms with Crippen LogP contribution in [0.5, 0.6) is 0 Å². The van der Waals surface area contributed by atoms with Gasteiger partial charge in [0.1, 0.15) is 5.76 Å². The summed E-state index contributed by atoms with van der Waals surface area (Å²) in [7, 11) is 0. The van der Waals surface area contributed by atoms with Crippen LogP contribution in [0.25, 0.3) is 5.76 Å². The van der Waals surface area contributed by atoms with Crippen molar-refractivity contribution in [3.63, 3.8) is 0 Å². The summed E-state index contributed by atoms with van der Waals surface area (Å²) in [5.41, 5.74) is 2.24. The molecule has 0 bridgehead atoms. The molecule has 6 heteroatoms. The van der Waals surface area contributed by atoms with E-state index in [-0.39, 0.29) is 11.3 Å². The highest BCUT2D eigenvalue weighted by Gasteiger charge is 2.46. The molecule has 1 aliphatic heterocycles. The van der Waals surface area contributed by atoms with Crippen molar-refractivity contribution in [3.05, 3.63) is 98.2 Å². The Morgan fingerprint density at radius 3 is 2.59 bits per heavy atom. The van der Waals surface area contributed by atoms with Crippen LogP contribution in [0.15, 0.2) is 71.6 Å². The maximum atomic E-state index is 13.0. The summed E-state index contributed by atoms with van der Waals surface area (Å²) < 4.78 is 0. The van der Waals surface area contributed by atoms with Crippen LogP contribution >= 0.6 is 22.9 Å². The number of ketones is 1. The van der Waals surface area contributed by atoms with Gasteiger partial charge in [-0.25, -0.2) is 0 Å². The minimum atomic E-state index is -0.688. The first-order chi connectivity index (χ1) is 14.0. The number of rotatable bonds is 4. The quantitative estimate of drug-likeness (QED) is 0.350. The van der Waals surface area contributed by atoms with E-state index in [9.17, 15) is 14.7 Å². The number of aliphatic hydroxyl groups excluding tert-OH is 1. The average molecular weight is 424 g/mol. The Morgan fingerprint density at radius 2 is 1.90 bits per heavy atom. The molecule has 1 saturated heterocycles. The molecule has 4 rings (SSSR count). The van der Waals surface area contributed by atoms with Crippen molar-refractivity contribution in [3.8, 4) is 0 Å². The topological polar surface area (TPSA) is 57.6 Å². The molecule has 0 aliphatic carbocycles. The van der Waals surface area contributed by atoms with Gasteiger partial charge in [0.05, 0.1) is 18.2 Å². The van der Waals surface area contributed by atoms with E-state index in [4.69, 9.17) is 11.6 Å². The minimum absolute atomic E-state index is 0.0862. The predicted molar refractivity (Wildman–Crippen MR) is 115 cm³/mol. The molecule has 4 nitrogen and oxygen atoms in total. The molecule has 1 unspecified atom stereocenters. The van der Waals surface area contributed by atoms with Gasteiger partial charge in [0.15, 0.2) is 0 Å². The van der Waals surface area contributed by atoms with Gasteiger partial charge in [-0.1, -0.05) is 54.1 Å².